The molecular weight excluding hydrogens is 432 g/mol. The molecule has 0 unspecified atom stereocenters. The summed E-state index contributed by atoms with van der Waals surface area (Å²) in [6.07, 6.45) is 5.74. The fourth-order valence-corrected chi connectivity index (χ4v) is 5.50. The molecule has 1 saturated carbocycles. The van der Waals surface area contributed by atoms with E-state index in [2.05, 4.69) is 20.3 Å². The van der Waals surface area contributed by atoms with E-state index in [1.807, 2.05) is 6.07 Å². The Labute approximate surface area is 187 Å². The highest BCUT2D eigenvalue weighted by Crippen LogP contribution is 2.33. The minimum absolute atomic E-state index is 0.0273. The van der Waals surface area contributed by atoms with Gasteiger partial charge in [-0.15, -0.1) is 0 Å². The smallest absolute Gasteiger partial charge is 0.260 e. The van der Waals surface area contributed by atoms with Crippen molar-refractivity contribution in [2.75, 3.05) is 18.4 Å². The van der Waals surface area contributed by atoms with Gasteiger partial charge < -0.3 is 15.2 Å². The lowest BCUT2D eigenvalue weighted by molar-refractivity contribution is -0.0271. The Balaban J connectivity index is 1.41. The Morgan fingerprint density at radius 1 is 1.28 bits per heavy atom. The highest BCUT2D eigenvalue weighted by atomic mass is 32.2. The van der Waals surface area contributed by atoms with Gasteiger partial charge in [-0.3, -0.25) is 0 Å². The van der Waals surface area contributed by atoms with Gasteiger partial charge in [-0.05, 0) is 51.2 Å². The molecule has 1 aliphatic heterocycles. The first-order chi connectivity index (χ1) is 15.3. The summed E-state index contributed by atoms with van der Waals surface area (Å²) in [7, 11) is -3.62. The zero-order valence-electron chi connectivity index (χ0n) is 17.8. The maximum Gasteiger partial charge on any atom is 0.260 e. The molecule has 0 spiro atoms. The predicted molar refractivity (Wildman–Crippen MR) is 115 cm³/mol. The number of piperidine rings is 1. The molecule has 1 saturated heterocycles. The monoisotopic (exact) mass is 458 g/mol. The number of sulfonamides is 1. The van der Waals surface area contributed by atoms with Crippen molar-refractivity contribution >= 4 is 16.0 Å². The second-order valence-electron chi connectivity index (χ2n) is 8.37. The molecular formula is C21H26N6O4S. The van der Waals surface area contributed by atoms with Gasteiger partial charge in [0.15, 0.2) is 5.03 Å². The van der Waals surface area contributed by atoms with Gasteiger partial charge in [-0.2, -0.15) is 14.6 Å². The van der Waals surface area contributed by atoms with Gasteiger partial charge >= 0.3 is 0 Å². The fraction of sp³-hybridized carbons (Fsp3) is 0.524. The molecule has 2 aromatic rings. The second kappa shape index (κ2) is 8.97. The van der Waals surface area contributed by atoms with Crippen LogP contribution in [0.15, 0.2) is 35.6 Å². The van der Waals surface area contributed by atoms with Crippen LogP contribution in [-0.2, 0) is 10.0 Å². The Morgan fingerprint density at radius 2 is 2.06 bits per heavy atom. The summed E-state index contributed by atoms with van der Waals surface area (Å²) < 4.78 is 32.8. The molecule has 0 bridgehead atoms. The van der Waals surface area contributed by atoms with Gasteiger partial charge in [0.25, 0.3) is 10.0 Å². The van der Waals surface area contributed by atoms with Crippen molar-refractivity contribution in [3.63, 3.8) is 0 Å². The van der Waals surface area contributed by atoms with E-state index in [1.54, 1.807) is 19.1 Å². The van der Waals surface area contributed by atoms with Gasteiger partial charge in [0, 0.05) is 25.3 Å². The average molecular weight is 459 g/mol. The third kappa shape index (κ3) is 4.67. The maximum absolute atomic E-state index is 12.7. The number of aliphatic hydroxyl groups is 1. The first-order valence-electron chi connectivity index (χ1n) is 10.6. The van der Waals surface area contributed by atoms with Crippen molar-refractivity contribution < 1.29 is 18.3 Å². The molecule has 2 N–H and O–H groups in total. The molecule has 0 radical (unpaired) electrons. The highest BCUT2D eigenvalue weighted by molar-refractivity contribution is 7.89. The number of aromatic nitrogens is 3. The van der Waals surface area contributed by atoms with Gasteiger partial charge in [0.2, 0.25) is 11.8 Å². The third-order valence-electron chi connectivity index (χ3n) is 6.00. The van der Waals surface area contributed by atoms with Crippen molar-refractivity contribution in [2.45, 2.75) is 61.8 Å². The Morgan fingerprint density at radius 3 is 2.69 bits per heavy atom. The van der Waals surface area contributed by atoms with Gasteiger partial charge in [-0.25, -0.2) is 18.4 Å². The van der Waals surface area contributed by atoms with Crippen LogP contribution in [0.2, 0.25) is 0 Å². The number of rotatable bonds is 6. The van der Waals surface area contributed by atoms with Crippen molar-refractivity contribution in [3.8, 4) is 11.9 Å². The van der Waals surface area contributed by atoms with Gasteiger partial charge in [0.05, 0.1) is 11.8 Å². The molecule has 32 heavy (non-hydrogen) atoms. The van der Waals surface area contributed by atoms with E-state index in [0.29, 0.717) is 44.7 Å². The summed E-state index contributed by atoms with van der Waals surface area (Å²) in [6.45, 7) is 2.42. The summed E-state index contributed by atoms with van der Waals surface area (Å²) in [5, 5.41) is 23.1. The van der Waals surface area contributed by atoms with E-state index in [-0.39, 0.29) is 22.5 Å². The minimum Gasteiger partial charge on any atom is -0.470 e. The van der Waals surface area contributed by atoms with Crippen LogP contribution in [-0.4, -0.2) is 63.6 Å². The van der Waals surface area contributed by atoms with E-state index in [9.17, 15) is 18.8 Å². The van der Waals surface area contributed by atoms with E-state index in [1.165, 1.54) is 22.8 Å². The van der Waals surface area contributed by atoms with E-state index in [4.69, 9.17) is 4.74 Å². The standard InChI is InChI=1S/C21H26N6O4S/c1-21(28)9-4-5-17(21)31-19-15(13-22)14-24-20(26-19)25-16-7-11-27(12-8-16)32(29,30)18-6-2-3-10-23-18/h2-3,6,10,14,16-17,28H,4-5,7-9,11-12H2,1H3,(H,24,25,26)/t17-,21+/m1/s1. The summed E-state index contributed by atoms with van der Waals surface area (Å²) in [5.41, 5.74) is -0.758. The molecule has 1 aliphatic carbocycles. The molecule has 2 atom stereocenters. The lowest BCUT2D eigenvalue weighted by Crippen LogP contribution is -2.42. The van der Waals surface area contributed by atoms with E-state index in [0.717, 1.165) is 6.42 Å². The molecule has 0 aromatic carbocycles. The first kappa shape index (κ1) is 22.4. The van der Waals surface area contributed by atoms with Crippen molar-refractivity contribution in [1.82, 2.24) is 19.3 Å². The fourth-order valence-electron chi connectivity index (χ4n) is 4.10. The number of hydrogen-bond donors (Lipinski definition) is 2. The zero-order chi connectivity index (χ0) is 22.8. The quantitative estimate of drug-likeness (QED) is 0.661. The molecule has 2 fully saturated rings. The van der Waals surface area contributed by atoms with Crippen molar-refractivity contribution in [1.29, 1.82) is 5.26 Å². The Hall–Kier alpha value is -2.81. The zero-order valence-corrected chi connectivity index (χ0v) is 18.6. The summed E-state index contributed by atoms with van der Waals surface area (Å²) in [5.74, 6) is 0.454. The molecule has 170 valence electrons. The minimum atomic E-state index is -3.62. The van der Waals surface area contributed by atoms with Crippen molar-refractivity contribution in [3.05, 3.63) is 36.2 Å². The number of nitrogens with zero attached hydrogens (tertiary/aromatic N) is 5. The lowest BCUT2D eigenvalue weighted by Gasteiger charge is -2.31. The number of anilines is 1. The van der Waals surface area contributed by atoms with Crippen LogP contribution in [0.3, 0.4) is 0 Å². The second-order valence-corrected chi connectivity index (χ2v) is 10.3. The summed E-state index contributed by atoms with van der Waals surface area (Å²) in [4.78, 5) is 12.5. The Bertz CT molecular complexity index is 1100. The molecule has 2 aliphatic rings. The number of hydrogen-bond acceptors (Lipinski definition) is 9. The third-order valence-corrected chi connectivity index (χ3v) is 7.82. The van der Waals surface area contributed by atoms with E-state index < -0.39 is 21.7 Å². The van der Waals surface area contributed by atoms with Crippen molar-refractivity contribution in [2.24, 2.45) is 0 Å². The number of nitriles is 1. The maximum atomic E-state index is 12.7. The summed E-state index contributed by atoms with van der Waals surface area (Å²) in [6, 6.07) is 6.83. The number of nitrogens with one attached hydrogen (secondary N) is 1. The van der Waals surface area contributed by atoms with Crippen LogP contribution in [0.1, 0.15) is 44.6 Å². The van der Waals surface area contributed by atoms with Gasteiger partial charge in [-0.1, -0.05) is 6.07 Å². The number of ether oxygens (including phenoxy) is 1. The van der Waals surface area contributed by atoms with Crippen LogP contribution < -0.4 is 10.1 Å². The lowest BCUT2D eigenvalue weighted by atomic mass is 10.0. The molecule has 4 rings (SSSR count). The predicted octanol–water partition coefficient (Wildman–Crippen LogP) is 1.69. The largest absolute Gasteiger partial charge is 0.470 e. The first-order valence-corrected chi connectivity index (χ1v) is 12.1. The molecule has 0 amide bonds. The van der Waals surface area contributed by atoms with Crippen LogP contribution >= 0.6 is 0 Å². The SMILES string of the molecule is C[C@]1(O)CCC[C@H]1Oc1nc(NC2CCN(S(=O)(=O)c3ccccn3)CC2)ncc1C#N. The van der Waals surface area contributed by atoms with Crippen LogP contribution in [0, 0.1) is 11.3 Å². The molecule has 3 heterocycles. The average Bonchev–Trinajstić information content (AvgIpc) is 3.12. The molecule has 10 nitrogen and oxygen atoms in total. The summed E-state index contributed by atoms with van der Waals surface area (Å²) >= 11 is 0. The Kier molecular flexibility index (Phi) is 6.28. The topological polar surface area (TPSA) is 141 Å². The normalized spacial score (nSPS) is 24.7. The highest BCUT2D eigenvalue weighted by Gasteiger charge is 2.39. The number of pyridine rings is 1. The van der Waals surface area contributed by atoms with Crippen LogP contribution in [0.4, 0.5) is 5.95 Å². The van der Waals surface area contributed by atoms with Crippen LogP contribution in [0.5, 0.6) is 5.88 Å². The van der Waals surface area contributed by atoms with Gasteiger partial charge in [0.1, 0.15) is 17.7 Å². The molecule has 2 aromatic heterocycles. The van der Waals surface area contributed by atoms with Crippen LogP contribution in [0.25, 0.3) is 0 Å². The van der Waals surface area contributed by atoms with E-state index >= 15 is 0 Å². The molecule has 11 heteroatoms.